The molecule has 0 atom stereocenters. The summed E-state index contributed by atoms with van der Waals surface area (Å²) in [6.07, 6.45) is 5.23. The lowest BCUT2D eigenvalue weighted by Crippen LogP contribution is -2.32. The zero-order valence-electron chi connectivity index (χ0n) is 12.2. The fourth-order valence-electron chi connectivity index (χ4n) is 3.34. The molecule has 1 aromatic carbocycles. The van der Waals surface area contributed by atoms with Gasteiger partial charge in [-0.1, -0.05) is 38.0 Å². The predicted molar refractivity (Wildman–Crippen MR) is 81.4 cm³/mol. The van der Waals surface area contributed by atoms with Gasteiger partial charge in [-0.2, -0.15) is 0 Å². The van der Waals surface area contributed by atoms with Gasteiger partial charge in [-0.3, -0.25) is 4.90 Å². The fraction of sp³-hybridized carbons (Fsp3) is 0.529. The van der Waals surface area contributed by atoms with Crippen LogP contribution in [0.3, 0.4) is 0 Å². The number of aromatic nitrogens is 1. The molecule has 0 fully saturated rings. The molecule has 0 radical (unpaired) electrons. The molecule has 2 heteroatoms. The first kappa shape index (κ1) is 12.7. The first-order valence-electron chi connectivity index (χ1n) is 7.58. The van der Waals surface area contributed by atoms with Crippen LogP contribution >= 0.6 is 0 Å². The molecule has 0 spiro atoms. The molecule has 0 unspecified atom stereocenters. The largest absolute Gasteiger partial charge is 0.346 e. The lowest BCUT2D eigenvalue weighted by Gasteiger charge is -2.27. The Hall–Kier alpha value is -1.28. The van der Waals surface area contributed by atoms with Gasteiger partial charge in [0.1, 0.15) is 0 Å². The summed E-state index contributed by atoms with van der Waals surface area (Å²) in [5.41, 5.74) is 4.51. The monoisotopic (exact) mass is 256 g/mol. The molecule has 102 valence electrons. The highest BCUT2D eigenvalue weighted by Gasteiger charge is 2.21. The highest BCUT2D eigenvalue weighted by Crippen LogP contribution is 2.29. The molecular weight excluding hydrogens is 232 g/mol. The van der Waals surface area contributed by atoms with E-state index in [1.165, 1.54) is 55.4 Å². The maximum absolute atomic E-state index is 2.62. The highest BCUT2D eigenvalue weighted by molar-refractivity contribution is 5.85. The van der Waals surface area contributed by atoms with E-state index in [0.717, 1.165) is 6.54 Å². The van der Waals surface area contributed by atoms with Gasteiger partial charge in [0, 0.05) is 36.7 Å². The molecule has 1 aliphatic heterocycles. The smallest absolute Gasteiger partial charge is 0.0483 e. The molecule has 19 heavy (non-hydrogen) atoms. The Kier molecular flexibility index (Phi) is 3.61. The first-order valence-corrected chi connectivity index (χ1v) is 7.58. The third-order valence-electron chi connectivity index (χ3n) is 4.47. The van der Waals surface area contributed by atoms with Crippen LogP contribution in [0.1, 0.15) is 37.4 Å². The number of fused-ring (bicyclic) bond motifs is 3. The van der Waals surface area contributed by atoms with Crippen molar-refractivity contribution in [2.45, 2.75) is 39.2 Å². The summed E-state index contributed by atoms with van der Waals surface area (Å²) in [7, 11) is 2.22. The van der Waals surface area contributed by atoms with Crippen LogP contribution in [0.25, 0.3) is 10.9 Å². The predicted octanol–water partition coefficient (Wildman–Crippen LogP) is 3.73. The molecule has 3 rings (SSSR count). The van der Waals surface area contributed by atoms with Crippen molar-refractivity contribution in [2.24, 2.45) is 7.05 Å². The van der Waals surface area contributed by atoms with Crippen LogP contribution in [0.15, 0.2) is 24.3 Å². The van der Waals surface area contributed by atoms with Gasteiger partial charge in [0.15, 0.2) is 0 Å². The summed E-state index contributed by atoms with van der Waals surface area (Å²) in [5, 5.41) is 1.47. The number of para-hydroxylation sites is 1. The van der Waals surface area contributed by atoms with Crippen LogP contribution in [-0.2, 0) is 20.0 Å². The second kappa shape index (κ2) is 5.38. The Morgan fingerprint density at radius 3 is 2.84 bits per heavy atom. The minimum atomic E-state index is 1.13. The average molecular weight is 256 g/mol. The molecule has 1 aliphatic rings. The molecule has 0 N–H and O–H groups in total. The van der Waals surface area contributed by atoms with Gasteiger partial charge < -0.3 is 4.57 Å². The highest BCUT2D eigenvalue weighted by atomic mass is 15.2. The molecule has 1 aromatic heterocycles. The number of rotatable bonds is 4. The molecule has 2 nitrogen and oxygen atoms in total. The maximum Gasteiger partial charge on any atom is 0.0483 e. The molecule has 0 aliphatic carbocycles. The van der Waals surface area contributed by atoms with Crippen molar-refractivity contribution in [2.75, 3.05) is 13.1 Å². The Morgan fingerprint density at radius 2 is 2.00 bits per heavy atom. The van der Waals surface area contributed by atoms with Crippen LogP contribution in [0.4, 0.5) is 0 Å². The lowest BCUT2D eigenvalue weighted by molar-refractivity contribution is 0.243. The van der Waals surface area contributed by atoms with Crippen LogP contribution in [0, 0.1) is 0 Å². The van der Waals surface area contributed by atoms with Gasteiger partial charge in [0.2, 0.25) is 0 Å². The number of unbranched alkanes of at least 4 members (excludes halogenated alkanes) is 2. The molecule has 0 saturated heterocycles. The third-order valence-corrected chi connectivity index (χ3v) is 4.47. The summed E-state index contributed by atoms with van der Waals surface area (Å²) in [6.45, 7) is 5.89. The zero-order valence-corrected chi connectivity index (χ0v) is 12.2. The zero-order chi connectivity index (χ0) is 13.2. The summed E-state index contributed by atoms with van der Waals surface area (Å²) < 4.78 is 2.40. The summed E-state index contributed by atoms with van der Waals surface area (Å²) in [5.74, 6) is 0. The van der Waals surface area contributed by atoms with Gasteiger partial charge in [-0.15, -0.1) is 0 Å². The number of hydrogen-bond donors (Lipinski definition) is 0. The molecular formula is C17H24N2. The Bertz CT molecular complexity index is 568. The summed E-state index contributed by atoms with van der Waals surface area (Å²) >= 11 is 0. The van der Waals surface area contributed by atoms with Crippen LogP contribution in [0.2, 0.25) is 0 Å². The van der Waals surface area contributed by atoms with Crippen molar-refractivity contribution in [1.29, 1.82) is 0 Å². The third kappa shape index (κ3) is 2.30. The van der Waals surface area contributed by atoms with E-state index in [1.54, 1.807) is 5.56 Å². The van der Waals surface area contributed by atoms with E-state index in [9.17, 15) is 0 Å². The Balaban J connectivity index is 1.85. The minimum Gasteiger partial charge on any atom is -0.346 e. The van der Waals surface area contributed by atoms with E-state index in [1.807, 2.05) is 0 Å². The SMILES string of the molecule is CCCCCN1CCc2c(n(C)c3ccccc23)C1. The van der Waals surface area contributed by atoms with Gasteiger partial charge >= 0.3 is 0 Å². The van der Waals surface area contributed by atoms with Gasteiger partial charge in [-0.05, 0) is 31.0 Å². The van der Waals surface area contributed by atoms with E-state index in [0.29, 0.717) is 0 Å². The average Bonchev–Trinajstić information content (AvgIpc) is 2.73. The molecule has 0 amide bonds. The van der Waals surface area contributed by atoms with Crippen LogP contribution < -0.4 is 0 Å². The minimum absolute atomic E-state index is 1.13. The van der Waals surface area contributed by atoms with Crippen LogP contribution in [0.5, 0.6) is 0 Å². The van der Waals surface area contributed by atoms with E-state index in [-0.39, 0.29) is 0 Å². The number of hydrogen-bond acceptors (Lipinski definition) is 1. The molecule has 0 saturated carbocycles. The van der Waals surface area contributed by atoms with E-state index in [2.05, 4.69) is 47.7 Å². The number of aryl methyl sites for hydroxylation is 1. The topological polar surface area (TPSA) is 8.17 Å². The van der Waals surface area contributed by atoms with Crippen LogP contribution in [-0.4, -0.2) is 22.6 Å². The van der Waals surface area contributed by atoms with E-state index >= 15 is 0 Å². The Morgan fingerprint density at radius 1 is 1.16 bits per heavy atom. The number of benzene rings is 1. The molecule has 0 bridgehead atoms. The van der Waals surface area contributed by atoms with E-state index < -0.39 is 0 Å². The summed E-state index contributed by atoms with van der Waals surface area (Å²) in [4.78, 5) is 2.62. The van der Waals surface area contributed by atoms with Crippen molar-refractivity contribution in [3.63, 3.8) is 0 Å². The van der Waals surface area contributed by atoms with Crippen molar-refractivity contribution < 1.29 is 0 Å². The number of nitrogens with zero attached hydrogens (tertiary/aromatic N) is 2. The first-order chi connectivity index (χ1) is 9.31. The van der Waals surface area contributed by atoms with Crippen molar-refractivity contribution in [3.05, 3.63) is 35.5 Å². The fourth-order valence-corrected chi connectivity index (χ4v) is 3.34. The lowest BCUT2D eigenvalue weighted by atomic mass is 10.0. The summed E-state index contributed by atoms with van der Waals surface area (Å²) in [6, 6.07) is 8.83. The molecule has 2 heterocycles. The van der Waals surface area contributed by atoms with Gasteiger partial charge in [0.05, 0.1) is 0 Å². The molecule has 2 aromatic rings. The second-order valence-electron chi connectivity index (χ2n) is 5.73. The quantitative estimate of drug-likeness (QED) is 0.757. The maximum atomic E-state index is 2.62. The van der Waals surface area contributed by atoms with Crippen molar-refractivity contribution in [3.8, 4) is 0 Å². The van der Waals surface area contributed by atoms with E-state index in [4.69, 9.17) is 0 Å². The normalized spacial score (nSPS) is 15.9. The standard InChI is InChI=1S/C17H24N2/c1-3-4-7-11-19-12-10-15-14-8-5-6-9-16(14)18(2)17(15)13-19/h5-6,8-9H,3-4,7,10-13H2,1-2H3. The van der Waals surface area contributed by atoms with Gasteiger partial charge in [0.25, 0.3) is 0 Å². The van der Waals surface area contributed by atoms with Crippen molar-refractivity contribution >= 4 is 10.9 Å². The van der Waals surface area contributed by atoms with Gasteiger partial charge in [-0.25, -0.2) is 0 Å². The Labute approximate surface area is 116 Å². The van der Waals surface area contributed by atoms with Crippen molar-refractivity contribution in [1.82, 2.24) is 9.47 Å². The second-order valence-corrected chi connectivity index (χ2v) is 5.73.